The SMILES string of the molecule is C[C@H]1CC[C@@H](c2ccoc2)N2C[C@@]3(CC[C@@H]12)CS(=O)[C@@]1(CC[C@H]2[C@@H](C)CC[C@@H](c4ccoc4)N2C1)C3. The highest BCUT2D eigenvalue weighted by molar-refractivity contribution is 7.86. The standard InChI is InChI=1S/C30H42N2O3S/c1-21-3-5-27(23-9-13-34-15-23)31-18-29(11-7-25(21)31)17-30(36(33)20-29)12-8-26-22(2)4-6-28(32(26)19-30)24-10-14-35-16-24/h9-10,13-16,21-22,25-28H,3-8,11-12,17-20H2,1-2H3/t21-,22-,25-,26-,27-,28-,29-,30-,36?/m0/s1. The van der Waals surface area contributed by atoms with Crippen molar-refractivity contribution in [1.82, 2.24) is 9.80 Å². The minimum Gasteiger partial charge on any atom is -0.472 e. The van der Waals surface area contributed by atoms with Gasteiger partial charge in [0.2, 0.25) is 0 Å². The van der Waals surface area contributed by atoms with Gasteiger partial charge >= 0.3 is 0 Å². The van der Waals surface area contributed by atoms with Crippen LogP contribution in [0.15, 0.2) is 46.0 Å². The molecule has 7 heterocycles. The first kappa shape index (κ1) is 23.7. The Bertz CT molecular complexity index is 1090. The molecule has 5 nitrogen and oxygen atoms in total. The summed E-state index contributed by atoms with van der Waals surface area (Å²) in [4.78, 5) is 5.59. The minimum absolute atomic E-state index is 0.0467. The van der Waals surface area contributed by atoms with Crippen LogP contribution < -0.4 is 0 Å². The Balaban J connectivity index is 1.16. The van der Waals surface area contributed by atoms with E-state index in [-0.39, 0.29) is 10.2 Å². The molecule has 2 aromatic rings. The van der Waals surface area contributed by atoms with Crippen molar-refractivity contribution in [2.45, 2.75) is 101 Å². The van der Waals surface area contributed by atoms with Gasteiger partial charge in [-0.25, -0.2) is 0 Å². The van der Waals surface area contributed by atoms with E-state index in [0.717, 1.165) is 43.5 Å². The Labute approximate surface area is 218 Å². The molecule has 7 rings (SSSR count). The van der Waals surface area contributed by atoms with Crippen molar-refractivity contribution in [2.24, 2.45) is 17.3 Å². The van der Waals surface area contributed by atoms with Crippen LogP contribution in [0.5, 0.6) is 0 Å². The summed E-state index contributed by atoms with van der Waals surface area (Å²) in [5.41, 5.74) is 2.84. The predicted molar refractivity (Wildman–Crippen MR) is 142 cm³/mol. The van der Waals surface area contributed by atoms with Crippen LogP contribution in [0.25, 0.3) is 0 Å². The number of piperidine rings is 4. The summed E-state index contributed by atoms with van der Waals surface area (Å²) in [5, 5.41) is 0. The third kappa shape index (κ3) is 3.72. The average molecular weight is 511 g/mol. The molecule has 0 aromatic carbocycles. The summed E-state index contributed by atoms with van der Waals surface area (Å²) < 4.78 is 25.1. The van der Waals surface area contributed by atoms with Crippen LogP contribution in [0.4, 0.5) is 0 Å². The van der Waals surface area contributed by atoms with E-state index in [1.165, 1.54) is 56.1 Å². The summed E-state index contributed by atoms with van der Waals surface area (Å²) >= 11 is 0. The fraction of sp³-hybridized carbons (Fsp3) is 0.733. The van der Waals surface area contributed by atoms with E-state index in [0.29, 0.717) is 24.2 Å². The Morgan fingerprint density at radius 1 is 0.806 bits per heavy atom. The van der Waals surface area contributed by atoms with Gasteiger partial charge in [-0.05, 0) is 87.2 Å². The van der Waals surface area contributed by atoms with Gasteiger partial charge in [0.1, 0.15) is 0 Å². The maximum atomic E-state index is 14.1. The van der Waals surface area contributed by atoms with Gasteiger partial charge in [0.25, 0.3) is 0 Å². The predicted octanol–water partition coefficient (Wildman–Crippen LogP) is 6.32. The monoisotopic (exact) mass is 510 g/mol. The summed E-state index contributed by atoms with van der Waals surface area (Å²) in [5.74, 6) is 2.36. The van der Waals surface area contributed by atoms with Gasteiger partial charge in [-0.3, -0.25) is 14.0 Å². The molecule has 9 atom stereocenters. The van der Waals surface area contributed by atoms with E-state index in [4.69, 9.17) is 8.83 Å². The summed E-state index contributed by atoms with van der Waals surface area (Å²) in [6.07, 6.45) is 18.5. The van der Waals surface area contributed by atoms with E-state index >= 15 is 0 Å². The molecule has 5 saturated heterocycles. The van der Waals surface area contributed by atoms with Crippen molar-refractivity contribution in [2.75, 3.05) is 18.8 Å². The first-order chi connectivity index (χ1) is 17.5. The van der Waals surface area contributed by atoms with Crippen LogP contribution in [-0.4, -0.2) is 49.7 Å². The lowest BCUT2D eigenvalue weighted by Crippen LogP contribution is -2.58. The molecule has 0 radical (unpaired) electrons. The van der Waals surface area contributed by atoms with Gasteiger partial charge in [0, 0.05) is 64.9 Å². The van der Waals surface area contributed by atoms with E-state index in [2.05, 4.69) is 35.8 Å². The molecule has 0 bridgehead atoms. The lowest BCUT2D eigenvalue weighted by molar-refractivity contribution is -0.0454. The summed E-state index contributed by atoms with van der Waals surface area (Å²) in [6, 6.07) is 6.46. The second-order valence-electron chi connectivity index (χ2n) is 13.2. The van der Waals surface area contributed by atoms with Crippen LogP contribution in [0.2, 0.25) is 0 Å². The zero-order valence-electron chi connectivity index (χ0n) is 21.9. The van der Waals surface area contributed by atoms with Crippen LogP contribution in [0, 0.1) is 17.3 Å². The molecule has 0 aliphatic carbocycles. The van der Waals surface area contributed by atoms with Crippen LogP contribution in [0.3, 0.4) is 0 Å². The van der Waals surface area contributed by atoms with Crippen molar-refractivity contribution in [3.05, 3.63) is 48.3 Å². The first-order valence-corrected chi connectivity index (χ1v) is 15.7. The highest BCUT2D eigenvalue weighted by atomic mass is 32.2. The smallest absolute Gasteiger partial charge is 0.0950 e. The Morgan fingerprint density at radius 3 is 1.97 bits per heavy atom. The van der Waals surface area contributed by atoms with Crippen LogP contribution in [0.1, 0.15) is 94.8 Å². The molecule has 1 unspecified atom stereocenters. The molecule has 0 amide bonds. The van der Waals surface area contributed by atoms with Crippen molar-refractivity contribution in [3.8, 4) is 0 Å². The summed E-state index contributed by atoms with van der Waals surface area (Å²) in [7, 11) is -0.772. The molecule has 5 fully saturated rings. The van der Waals surface area contributed by atoms with Crippen LogP contribution >= 0.6 is 0 Å². The molecule has 196 valence electrons. The van der Waals surface area contributed by atoms with Crippen molar-refractivity contribution in [1.29, 1.82) is 0 Å². The molecule has 5 aliphatic rings. The molecule has 0 N–H and O–H groups in total. The number of rotatable bonds is 2. The quantitative estimate of drug-likeness (QED) is 0.473. The number of nitrogens with zero attached hydrogens (tertiary/aromatic N) is 2. The number of fused-ring (bicyclic) bond motifs is 2. The minimum atomic E-state index is -0.772. The number of furan rings is 2. The largest absolute Gasteiger partial charge is 0.472 e. The van der Waals surface area contributed by atoms with Crippen molar-refractivity contribution < 1.29 is 13.0 Å². The molecular formula is C30H42N2O3S. The summed E-state index contributed by atoms with van der Waals surface area (Å²) in [6.45, 7) is 6.99. The Kier molecular flexibility index (Phi) is 5.83. The highest BCUT2D eigenvalue weighted by Crippen LogP contribution is 2.56. The van der Waals surface area contributed by atoms with Gasteiger partial charge in [-0.2, -0.15) is 0 Å². The van der Waals surface area contributed by atoms with Gasteiger partial charge in [-0.15, -0.1) is 0 Å². The van der Waals surface area contributed by atoms with E-state index < -0.39 is 10.8 Å². The second-order valence-corrected chi connectivity index (χ2v) is 15.0. The molecule has 36 heavy (non-hydrogen) atoms. The topological polar surface area (TPSA) is 49.8 Å². The molecule has 2 spiro atoms. The highest BCUT2D eigenvalue weighted by Gasteiger charge is 2.59. The fourth-order valence-corrected chi connectivity index (χ4v) is 11.6. The lowest BCUT2D eigenvalue weighted by atomic mass is 9.67. The Hall–Kier alpha value is -1.37. The first-order valence-electron chi connectivity index (χ1n) is 14.4. The maximum absolute atomic E-state index is 14.1. The van der Waals surface area contributed by atoms with Crippen molar-refractivity contribution in [3.63, 3.8) is 0 Å². The van der Waals surface area contributed by atoms with Gasteiger partial charge in [0.05, 0.1) is 29.8 Å². The average Bonchev–Trinajstić information content (AvgIpc) is 3.63. The molecule has 2 aromatic heterocycles. The fourth-order valence-electron chi connectivity index (χ4n) is 9.26. The Morgan fingerprint density at radius 2 is 1.39 bits per heavy atom. The van der Waals surface area contributed by atoms with Gasteiger partial charge < -0.3 is 8.83 Å². The lowest BCUT2D eigenvalue weighted by Gasteiger charge is -2.55. The van der Waals surface area contributed by atoms with Gasteiger partial charge in [-0.1, -0.05) is 13.8 Å². The molecule has 6 heteroatoms. The van der Waals surface area contributed by atoms with Crippen molar-refractivity contribution >= 4 is 10.8 Å². The van der Waals surface area contributed by atoms with E-state index in [1.807, 2.05) is 25.1 Å². The second kappa shape index (κ2) is 8.84. The maximum Gasteiger partial charge on any atom is 0.0950 e. The van der Waals surface area contributed by atoms with Crippen LogP contribution in [-0.2, 0) is 10.8 Å². The van der Waals surface area contributed by atoms with E-state index in [1.54, 1.807) is 0 Å². The molecular weight excluding hydrogens is 468 g/mol. The normalized spacial score (nSPS) is 45.7. The third-order valence-electron chi connectivity index (χ3n) is 11.1. The number of hydrogen-bond donors (Lipinski definition) is 0. The molecule has 5 aliphatic heterocycles. The zero-order valence-corrected chi connectivity index (χ0v) is 22.8. The zero-order chi connectivity index (χ0) is 24.5. The van der Waals surface area contributed by atoms with Gasteiger partial charge in [0.15, 0.2) is 0 Å². The van der Waals surface area contributed by atoms with E-state index in [9.17, 15) is 4.21 Å². The molecule has 0 saturated carbocycles. The number of hydrogen-bond acceptors (Lipinski definition) is 5. The third-order valence-corrected chi connectivity index (χ3v) is 13.4.